The molecule has 0 aliphatic carbocycles. The fraction of sp³-hybridized carbons (Fsp3) is 0.500. The van der Waals surface area contributed by atoms with Gasteiger partial charge in [0.25, 0.3) is 0 Å². The quantitative estimate of drug-likeness (QED) is 0.516. The number of hydrogen-bond acceptors (Lipinski definition) is 4. The number of carbonyl (C=O) groups is 1. The Labute approximate surface area is 219 Å². The molecule has 5 nitrogen and oxygen atoms in total. The topological polar surface area (TPSA) is 59.0 Å². The van der Waals surface area contributed by atoms with Crippen LogP contribution in [0.15, 0.2) is 42.5 Å². The van der Waals surface area contributed by atoms with Gasteiger partial charge in [-0.1, -0.05) is 57.7 Å². The number of hydrogen-bond donors (Lipinski definition) is 1. The number of aryl methyl sites for hydroxylation is 1. The van der Waals surface area contributed by atoms with Gasteiger partial charge in [0.1, 0.15) is 12.2 Å². The molecular weight excluding hydrogens is 479 g/mol. The van der Waals surface area contributed by atoms with Crippen LogP contribution in [0.25, 0.3) is 0 Å². The Kier molecular flexibility index (Phi) is 12.2. The van der Waals surface area contributed by atoms with Gasteiger partial charge in [0.05, 0.1) is 5.60 Å². The third-order valence-electron chi connectivity index (χ3n) is 5.04. The molecule has 3 rings (SSSR count). The van der Waals surface area contributed by atoms with E-state index in [-0.39, 0.29) is 53.7 Å². The van der Waals surface area contributed by atoms with Crippen molar-refractivity contribution in [3.8, 4) is 5.75 Å². The number of likely N-dealkylation sites (tertiary alicyclic amines) is 1. The van der Waals surface area contributed by atoms with E-state index in [1.165, 1.54) is 0 Å². The molecule has 1 aliphatic rings. The minimum absolute atomic E-state index is 0. The molecule has 2 aromatic carbocycles. The van der Waals surface area contributed by atoms with Crippen molar-refractivity contribution in [2.24, 2.45) is 0 Å². The molecule has 6 heteroatoms. The number of ether oxygens (including phenoxy) is 2. The van der Waals surface area contributed by atoms with Crippen molar-refractivity contribution < 1.29 is 52.1 Å². The predicted molar refractivity (Wildman–Crippen MR) is 125 cm³/mol. The van der Waals surface area contributed by atoms with Crippen molar-refractivity contribution in [2.45, 2.75) is 73.2 Å². The van der Waals surface area contributed by atoms with Gasteiger partial charge in [-0.3, -0.25) is 0 Å². The standard InChI is InChI=1S/C24H30NO4.2CH4.Y/c1-18-10-11-20(21(16-18)28-17-19-8-6-5-7-9-19)24(27)12-14-25(15-13-24)22(26)29-23(2,3)4;;;/h5-9,11,16,27H,12-15,17H2,1-4H3;2*1H4;/q-1;;;. The summed E-state index contributed by atoms with van der Waals surface area (Å²) in [5, 5.41) is 11.4. The molecule has 0 unspecified atom stereocenters. The van der Waals surface area contributed by atoms with Gasteiger partial charge < -0.3 is 19.5 Å². The average Bonchev–Trinajstić information content (AvgIpc) is 2.66. The second-order valence-electron chi connectivity index (χ2n) is 8.67. The van der Waals surface area contributed by atoms with Crippen LogP contribution in [0.2, 0.25) is 0 Å². The molecule has 0 aromatic heterocycles. The van der Waals surface area contributed by atoms with Crippen molar-refractivity contribution in [1.82, 2.24) is 4.90 Å². The van der Waals surface area contributed by atoms with E-state index < -0.39 is 11.2 Å². The summed E-state index contributed by atoms with van der Waals surface area (Å²) in [6, 6.07) is 16.9. The first-order valence-electron chi connectivity index (χ1n) is 10.1. The van der Waals surface area contributed by atoms with Crippen molar-refractivity contribution in [3.05, 3.63) is 65.2 Å². The smallest absolute Gasteiger partial charge is 0.410 e. The van der Waals surface area contributed by atoms with Gasteiger partial charge in [0.15, 0.2) is 0 Å². The molecule has 0 atom stereocenters. The Hall–Kier alpha value is -1.43. The second-order valence-corrected chi connectivity index (χ2v) is 8.67. The maximum atomic E-state index is 12.3. The minimum atomic E-state index is -1.06. The molecule has 0 spiro atoms. The van der Waals surface area contributed by atoms with E-state index in [9.17, 15) is 9.90 Å². The summed E-state index contributed by atoms with van der Waals surface area (Å²) in [6.07, 6.45) is 0.506. The summed E-state index contributed by atoms with van der Waals surface area (Å²) in [7, 11) is 0. The fourth-order valence-electron chi connectivity index (χ4n) is 3.45. The Morgan fingerprint density at radius 2 is 1.75 bits per heavy atom. The van der Waals surface area contributed by atoms with Crippen molar-refractivity contribution >= 4 is 6.09 Å². The molecular formula is C26H38NO4Y-. The third-order valence-corrected chi connectivity index (χ3v) is 5.04. The first kappa shape index (κ1) is 30.6. The molecule has 32 heavy (non-hydrogen) atoms. The molecule has 1 radical (unpaired) electrons. The van der Waals surface area contributed by atoms with Crippen LogP contribution in [0.3, 0.4) is 0 Å². The maximum absolute atomic E-state index is 12.3. The monoisotopic (exact) mass is 517 g/mol. The van der Waals surface area contributed by atoms with Gasteiger partial charge in [-0.15, -0.1) is 6.07 Å². The molecule has 175 valence electrons. The summed E-state index contributed by atoms with van der Waals surface area (Å²) >= 11 is 0. The van der Waals surface area contributed by atoms with Gasteiger partial charge in [-0.25, -0.2) is 4.79 Å². The molecule has 1 fully saturated rings. The van der Waals surface area contributed by atoms with Crippen molar-refractivity contribution in [3.63, 3.8) is 0 Å². The van der Waals surface area contributed by atoms with E-state index in [0.29, 0.717) is 38.3 Å². The van der Waals surface area contributed by atoms with E-state index >= 15 is 0 Å². The van der Waals surface area contributed by atoms with Crippen LogP contribution >= 0.6 is 0 Å². The number of nitrogens with zero attached hydrogens (tertiary/aromatic N) is 1. The van der Waals surface area contributed by atoms with Crippen LogP contribution in [0.5, 0.6) is 5.75 Å². The van der Waals surface area contributed by atoms with Crippen molar-refractivity contribution in [1.29, 1.82) is 0 Å². The zero-order chi connectivity index (χ0) is 21.1. The molecule has 1 saturated heterocycles. The first-order chi connectivity index (χ1) is 13.7. The molecule has 2 aromatic rings. The number of piperidine rings is 1. The molecule has 0 saturated carbocycles. The summed E-state index contributed by atoms with van der Waals surface area (Å²) in [4.78, 5) is 14.0. The number of carbonyl (C=O) groups excluding carboxylic acids is 1. The molecule has 0 bridgehead atoms. The first-order valence-corrected chi connectivity index (χ1v) is 10.1. The summed E-state index contributed by atoms with van der Waals surface area (Å²) in [6.45, 7) is 8.79. The Bertz CT molecular complexity index is 841. The van der Waals surface area contributed by atoms with Crippen LogP contribution in [-0.2, 0) is 49.7 Å². The predicted octanol–water partition coefficient (Wildman–Crippen LogP) is 5.86. The Morgan fingerprint density at radius 3 is 2.31 bits per heavy atom. The fourth-order valence-corrected chi connectivity index (χ4v) is 3.45. The van der Waals surface area contributed by atoms with Gasteiger partial charge in [-0.2, -0.15) is 17.7 Å². The van der Waals surface area contributed by atoms with Gasteiger partial charge in [0.2, 0.25) is 0 Å². The number of aliphatic hydroxyl groups is 1. The SMILES string of the molecule is C.C.Cc1[c-]cc(C2(O)CCN(C(=O)OC(C)(C)C)CC2)c(OCc2ccccc2)c1.[Y]. The molecule has 1 amide bonds. The van der Waals surface area contributed by atoms with Crippen LogP contribution < -0.4 is 4.74 Å². The maximum Gasteiger partial charge on any atom is 0.410 e. The number of benzene rings is 2. The number of rotatable bonds is 4. The summed E-state index contributed by atoms with van der Waals surface area (Å²) < 4.78 is 11.5. The van der Waals surface area contributed by atoms with E-state index in [2.05, 4.69) is 6.07 Å². The largest absolute Gasteiger partial charge is 0.514 e. The van der Waals surface area contributed by atoms with Gasteiger partial charge in [-0.05, 0) is 39.2 Å². The van der Waals surface area contributed by atoms with Crippen LogP contribution in [0.4, 0.5) is 4.79 Å². The van der Waals surface area contributed by atoms with Gasteiger partial charge >= 0.3 is 6.09 Å². The summed E-state index contributed by atoms with van der Waals surface area (Å²) in [5.74, 6) is 0.665. The Balaban J connectivity index is 0.00000320. The van der Waals surface area contributed by atoms with Crippen molar-refractivity contribution in [2.75, 3.05) is 13.1 Å². The van der Waals surface area contributed by atoms with Gasteiger partial charge in [0, 0.05) is 51.5 Å². The van der Waals surface area contributed by atoms with Crippen LogP contribution in [0.1, 0.15) is 65.2 Å². The van der Waals surface area contributed by atoms with E-state index in [4.69, 9.17) is 9.47 Å². The molecule has 1 heterocycles. The minimum Gasteiger partial charge on any atom is -0.514 e. The zero-order valence-corrected chi connectivity index (χ0v) is 21.1. The summed E-state index contributed by atoms with van der Waals surface area (Å²) in [5.41, 5.74) is 1.15. The van der Waals surface area contributed by atoms with Crippen LogP contribution in [0, 0.1) is 13.0 Å². The molecule has 1 aliphatic heterocycles. The van der Waals surface area contributed by atoms with E-state index in [1.807, 2.05) is 70.2 Å². The van der Waals surface area contributed by atoms with E-state index in [1.54, 1.807) is 4.90 Å². The third kappa shape index (κ3) is 8.17. The number of amides is 1. The van der Waals surface area contributed by atoms with Crippen LogP contribution in [-0.4, -0.2) is 34.8 Å². The molecule has 1 N–H and O–H groups in total. The normalized spacial score (nSPS) is 14.8. The Morgan fingerprint density at radius 1 is 1.16 bits per heavy atom. The second kappa shape index (κ2) is 12.7. The van der Waals surface area contributed by atoms with E-state index in [0.717, 1.165) is 16.7 Å². The zero-order valence-electron chi connectivity index (χ0n) is 18.3. The average molecular weight is 517 g/mol.